The summed E-state index contributed by atoms with van der Waals surface area (Å²) in [6, 6.07) is 0. The number of aryl methyl sites for hydroxylation is 1. The van der Waals surface area contributed by atoms with Crippen LogP contribution in [0.4, 0.5) is 5.82 Å². The van der Waals surface area contributed by atoms with E-state index in [4.69, 9.17) is 4.74 Å². The number of anilines is 1. The first-order valence-corrected chi connectivity index (χ1v) is 9.60. The molecule has 130 valence electrons. The topological polar surface area (TPSA) is 62.7 Å². The van der Waals surface area contributed by atoms with Crippen LogP contribution in [0.5, 0.6) is 0 Å². The van der Waals surface area contributed by atoms with Crippen LogP contribution in [0.2, 0.25) is 0 Å². The molecule has 4 rings (SSSR count). The lowest BCUT2D eigenvalue weighted by Gasteiger charge is -2.34. The molecular formula is C17H23N3O3S. The first-order chi connectivity index (χ1) is 11.5. The molecule has 1 aromatic rings. The Bertz CT molecular complexity index is 660. The highest BCUT2D eigenvalue weighted by molar-refractivity contribution is 7.14. The summed E-state index contributed by atoms with van der Waals surface area (Å²) >= 11 is 1.46. The number of ether oxygens (including phenoxy) is 1. The number of nitrogens with zero attached hydrogens (tertiary/aromatic N) is 3. The number of carbonyl (C=O) groups excluding carboxylic acids is 2. The summed E-state index contributed by atoms with van der Waals surface area (Å²) in [6.45, 7) is 5.89. The second kappa shape index (κ2) is 6.11. The lowest BCUT2D eigenvalue weighted by molar-refractivity contribution is -0.119. The van der Waals surface area contributed by atoms with Crippen molar-refractivity contribution in [3.05, 3.63) is 9.88 Å². The minimum atomic E-state index is -0.0322. The largest absolute Gasteiger partial charge is 0.372 e. The smallest absolute Gasteiger partial charge is 0.283 e. The van der Waals surface area contributed by atoms with Crippen LogP contribution in [0.3, 0.4) is 0 Å². The van der Waals surface area contributed by atoms with Gasteiger partial charge in [0, 0.05) is 30.4 Å². The summed E-state index contributed by atoms with van der Waals surface area (Å²) in [5.74, 6) is 1.07. The molecule has 0 N–H and O–H groups in total. The van der Waals surface area contributed by atoms with Crippen molar-refractivity contribution >= 4 is 29.0 Å². The molecule has 0 bridgehead atoms. The van der Waals surface area contributed by atoms with Gasteiger partial charge in [0.2, 0.25) is 5.91 Å². The van der Waals surface area contributed by atoms with Gasteiger partial charge in [-0.25, -0.2) is 4.98 Å². The summed E-state index contributed by atoms with van der Waals surface area (Å²) in [5, 5.41) is 0.511. The first-order valence-electron chi connectivity index (χ1n) is 8.78. The molecule has 1 saturated heterocycles. The zero-order valence-corrected chi connectivity index (χ0v) is 15.0. The fourth-order valence-corrected chi connectivity index (χ4v) is 4.63. The van der Waals surface area contributed by atoms with E-state index in [1.165, 1.54) is 11.3 Å². The standard InChI is InChI=1S/C17H23N3O3S/c1-10-8-19(9-11(2)23-10)17(22)15-18-14-13(24-15)4-3-7-20(14)16(21)12-5-6-12/h10-12H,3-9H2,1-2H3. The third-order valence-corrected chi connectivity index (χ3v) is 5.89. The van der Waals surface area contributed by atoms with Crippen LogP contribution < -0.4 is 4.90 Å². The zero-order chi connectivity index (χ0) is 16.8. The van der Waals surface area contributed by atoms with Gasteiger partial charge >= 0.3 is 0 Å². The van der Waals surface area contributed by atoms with Crippen molar-refractivity contribution in [3.63, 3.8) is 0 Å². The van der Waals surface area contributed by atoms with Gasteiger partial charge in [-0.2, -0.15) is 0 Å². The van der Waals surface area contributed by atoms with Crippen molar-refractivity contribution < 1.29 is 14.3 Å². The maximum Gasteiger partial charge on any atom is 0.283 e. The van der Waals surface area contributed by atoms with Crippen molar-refractivity contribution in [3.8, 4) is 0 Å². The summed E-state index contributed by atoms with van der Waals surface area (Å²) in [7, 11) is 0. The summed E-state index contributed by atoms with van der Waals surface area (Å²) in [5.41, 5.74) is 0. The molecule has 2 unspecified atom stereocenters. The Morgan fingerprint density at radius 2 is 1.92 bits per heavy atom. The molecule has 1 aliphatic carbocycles. The molecule has 0 aromatic carbocycles. The molecule has 24 heavy (non-hydrogen) atoms. The van der Waals surface area contributed by atoms with Crippen LogP contribution in [0.1, 0.15) is 47.8 Å². The number of thiazole rings is 1. The molecular weight excluding hydrogens is 326 g/mol. The number of fused-ring (bicyclic) bond motifs is 1. The molecule has 1 saturated carbocycles. The molecule has 2 fully saturated rings. The highest BCUT2D eigenvalue weighted by Crippen LogP contribution is 2.37. The molecule has 2 atom stereocenters. The van der Waals surface area contributed by atoms with E-state index in [0.29, 0.717) is 18.1 Å². The maximum atomic E-state index is 12.8. The fourth-order valence-electron chi connectivity index (χ4n) is 3.56. The fraction of sp³-hybridized carbons (Fsp3) is 0.706. The SMILES string of the molecule is CC1CN(C(=O)c2nc3c(s2)CCCN3C(=O)C2CC2)CC(C)O1. The lowest BCUT2D eigenvalue weighted by atomic mass is 10.1. The van der Waals surface area contributed by atoms with Crippen molar-refractivity contribution in [1.82, 2.24) is 9.88 Å². The van der Waals surface area contributed by atoms with Gasteiger partial charge in [0.1, 0.15) is 5.82 Å². The van der Waals surface area contributed by atoms with Crippen molar-refractivity contribution in [2.45, 2.75) is 51.7 Å². The quantitative estimate of drug-likeness (QED) is 0.820. The Kier molecular flexibility index (Phi) is 4.08. The molecule has 0 radical (unpaired) electrons. The predicted octanol–water partition coefficient (Wildman–Crippen LogP) is 2.08. The van der Waals surface area contributed by atoms with Gasteiger partial charge in [-0.3, -0.25) is 14.5 Å². The van der Waals surface area contributed by atoms with Gasteiger partial charge in [0.25, 0.3) is 5.91 Å². The van der Waals surface area contributed by atoms with E-state index in [9.17, 15) is 9.59 Å². The number of hydrogen-bond acceptors (Lipinski definition) is 5. The maximum absolute atomic E-state index is 12.8. The van der Waals surface area contributed by atoms with Crippen molar-refractivity contribution in [2.75, 3.05) is 24.5 Å². The van der Waals surface area contributed by atoms with Gasteiger partial charge in [0.15, 0.2) is 5.01 Å². The molecule has 6 nitrogen and oxygen atoms in total. The summed E-state index contributed by atoms with van der Waals surface area (Å²) < 4.78 is 5.70. The van der Waals surface area contributed by atoms with Crippen molar-refractivity contribution in [2.24, 2.45) is 5.92 Å². The summed E-state index contributed by atoms with van der Waals surface area (Å²) in [6.07, 6.45) is 3.92. The van der Waals surface area contributed by atoms with Gasteiger partial charge < -0.3 is 9.64 Å². The Hall–Kier alpha value is -1.47. The predicted molar refractivity (Wildman–Crippen MR) is 91.4 cm³/mol. The van der Waals surface area contributed by atoms with E-state index >= 15 is 0 Å². The van der Waals surface area contributed by atoms with Gasteiger partial charge in [-0.1, -0.05) is 0 Å². The third kappa shape index (κ3) is 2.95. The number of amides is 2. The van der Waals surface area contributed by atoms with E-state index in [1.54, 1.807) is 0 Å². The molecule has 2 aliphatic heterocycles. The first kappa shape index (κ1) is 16.0. The average molecular weight is 349 g/mol. The normalized spacial score (nSPS) is 27.1. The molecule has 2 amide bonds. The third-order valence-electron chi connectivity index (χ3n) is 4.80. The van der Waals surface area contributed by atoms with Crippen LogP contribution in [0.15, 0.2) is 0 Å². The van der Waals surface area contributed by atoms with Crippen molar-refractivity contribution in [1.29, 1.82) is 0 Å². The average Bonchev–Trinajstić information content (AvgIpc) is 3.30. The van der Waals surface area contributed by atoms with E-state index < -0.39 is 0 Å². The van der Waals surface area contributed by atoms with Crippen LogP contribution in [0.25, 0.3) is 0 Å². The second-order valence-electron chi connectivity index (χ2n) is 7.10. The number of morpholine rings is 1. The van der Waals surface area contributed by atoms with E-state index in [-0.39, 0.29) is 29.9 Å². The summed E-state index contributed by atoms with van der Waals surface area (Å²) in [4.78, 5) is 34.6. The highest BCUT2D eigenvalue weighted by atomic mass is 32.1. The Morgan fingerprint density at radius 1 is 1.21 bits per heavy atom. The number of rotatable bonds is 2. The van der Waals surface area contributed by atoms with E-state index in [0.717, 1.165) is 42.9 Å². The van der Waals surface area contributed by atoms with Gasteiger partial charge in [0.05, 0.1) is 12.2 Å². The second-order valence-corrected chi connectivity index (χ2v) is 8.18. The van der Waals surface area contributed by atoms with E-state index in [2.05, 4.69) is 4.98 Å². The molecule has 0 spiro atoms. The van der Waals surface area contributed by atoms with Gasteiger partial charge in [-0.15, -0.1) is 11.3 Å². The molecule has 3 aliphatic rings. The Labute approximate surface area is 145 Å². The zero-order valence-electron chi connectivity index (χ0n) is 14.2. The van der Waals surface area contributed by atoms with Crippen LogP contribution in [0, 0.1) is 5.92 Å². The van der Waals surface area contributed by atoms with E-state index in [1.807, 2.05) is 23.6 Å². The highest BCUT2D eigenvalue weighted by Gasteiger charge is 2.38. The molecule has 1 aromatic heterocycles. The number of hydrogen-bond donors (Lipinski definition) is 0. The van der Waals surface area contributed by atoms with Crippen LogP contribution in [-0.4, -0.2) is 53.5 Å². The van der Waals surface area contributed by atoms with Crippen LogP contribution in [-0.2, 0) is 16.0 Å². The Morgan fingerprint density at radius 3 is 2.58 bits per heavy atom. The Balaban J connectivity index is 1.56. The number of aromatic nitrogens is 1. The minimum Gasteiger partial charge on any atom is -0.372 e. The molecule has 7 heteroatoms. The molecule has 3 heterocycles. The number of carbonyl (C=O) groups is 2. The lowest BCUT2D eigenvalue weighted by Crippen LogP contribution is -2.48. The minimum absolute atomic E-state index is 0.0322. The van der Waals surface area contributed by atoms with Gasteiger partial charge in [-0.05, 0) is 39.5 Å². The monoisotopic (exact) mass is 349 g/mol. The van der Waals surface area contributed by atoms with Crippen LogP contribution >= 0.6 is 11.3 Å².